The summed E-state index contributed by atoms with van der Waals surface area (Å²) < 4.78 is 0. The molecule has 0 fully saturated rings. The number of hydrogen-bond donors (Lipinski definition) is 1. The summed E-state index contributed by atoms with van der Waals surface area (Å²) in [6.45, 7) is 10.1. The molecule has 0 aliphatic heterocycles. The lowest BCUT2D eigenvalue weighted by molar-refractivity contribution is 0.533. The van der Waals surface area contributed by atoms with Gasteiger partial charge >= 0.3 is 0 Å². The second kappa shape index (κ2) is 3.67. The Hall–Kier alpha value is -0.300. The standard InChI is InChI=1S/C8H17N/c1-6(2)5-8(9)7(3)4/h6,8H,3,5,9H2,1-2,4H3. The van der Waals surface area contributed by atoms with Gasteiger partial charge < -0.3 is 5.73 Å². The molecule has 9 heavy (non-hydrogen) atoms. The van der Waals surface area contributed by atoms with Crippen molar-refractivity contribution in [2.45, 2.75) is 33.2 Å². The van der Waals surface area contributed by atoms with E-state index in [9.17, 15) is 0 Å². The Morgan fingerprint density at radius 3 is 2.11 bits per heavy atom. The Bertz CT molecular complexity index is 94.7. The van der Waals surface area contributed by atoms with Gasteiger partial charge in [-0.3, -0.25) is 0 Å². The van der Waals surface area contributed by atoms with Crippen molar-refractivity contribution in [2.24, 2.45) is 11.7 Å². The molecule has 0 saturated heterocycles. The highest BCUT2D eigenvalue weighted by atomic mass is 14.6. The van der Waals surface area contributed by atoms with E-state index in [1.54, 1.807) is 0 Å². The first-order valence-corrected chi connectivity index (χ1v) is 3.45. The van der Waals surface area contributed by atoms with Crippen molar-refractivity contribution in [1.82, 2.24) is 0 Å². The van der Waals surface area contributed by atoms with Crippen LogP contribution in [0.3, 0.4) is 0 Å². The maximum absolute atomic E-state index is 5.72. The van der Waals surface area contributed by atoms with Crippen molar-refractivity contribution in [3.8, 4) is 0 Å². The zero-order valence-corrected chi connectivity index (χ0v) is 6.65. The summed E-state index contributed by atoms with van der Waals surface area (Å²) in [5.41, 5.74) is 6.80. The van der Waals surface area contributed by atoms with Gasteiger partial charge in [0.1, 0.15) is 0 Å². The molecule has 0 radical (unpaired) electrons. The molecule has 1 atom stereocenters. The molecule has 1 unspecified atom stereocenters. The Labute approximate surface area is 57.9 Å². The van der Waals surface area contributed by atoms with Crippen molar-refractivity contribution in [3.05, 3.63) is 12.2 Å². The lowest BCUT2D eigenvalue weighted by Crippen LogP contribution is -2.22. The number of hydrogen-bond acceptors (Lipinski definition) is 1. The molecule has 0 aromatic carbocycles. The molecule has 0 rings (SSSR count). The lowest BCUT2D eigenvalue weighted by Gasteiger charge is -2.12. The second-order valence-electron chi connectivity index (χ2n) is 3.08. The van der Waals surface area contributed by atoms with E-state index < -0.39 is 0 Å². The summed E-state index contributed by atoms with van der Waals surface area (Å²) >= 11 is 0. The van der Waals surface area contributed by atoms with Crippen LogP contribution in [0.5, 0.6) is 0 Å². The van der Waals surface area contributed by atoms with E-state index in [2.05, 4.69) is 20.4 Å². The maximum Gasteiger partial charge on any atom is 0.0250 e. The normalized spacial score (nSPS) is 13.9. The molecule has 0 spiro atoms. The molecular formula is C8H17N. The van der Waals surface area contributed by atoms with Gasteiger partial charge in [0.15, 0.2) is 0 Å². The molecule has 0 aliphatic rings. The first-order valence-electron chi connectivity index (χ1n) is 3.45. The lowest BCUT2D eigenvalue weighted by atomic mass is 10.0. The molecule has 2 N–H and O–H groups in total. The van der Waals surface area contributed by atoms with Gasteiger partial charge in [-0.15, -0.1) is 0 Å². The van der Waals surface area contributed by atoms with Crippen LogP contribution >= 0.6 is 0 Å². The van der Waals surface area contributed by atoms with Crippen molar-refractivity contribution >= 4 is 0 Å². The second-order valence-corrected chi connectivity index (χ2v) is 3.08. The fourth-order valence-electron chi connectivity index (χ4n) is 0.709. The minimum Gasteiger partial charge on any atom is -0.324 e. The number of rotatable bonds is 3. The van der Waals surface area contributed by atoms with Gasteiger partial charge in [-0.25, -0.2) is 0 Å². The zero-order chi connectivity index (χ0) is 7.44. The summed E-state index contributed by atoms with van der Waals surface area (Å²) in [5, 5.41) is 0. The van der Waals surface area contributed by atoms with E-state index in [1.165, 1.54) is 0 Å². The third-order valence-electron chi connectivity index (χ3n) is 1.36. The summed E-state index contributed by atoms with van der Waals surface area (Å²) in [5.74, 6) is 0.677. The minimum atomic E-state index is 0.199. The molecule has 1 heteroatoms. The molecule has 0 heterocycles. The van der Waals surface area contributed by atoms with Crippen LogP contribution in [0.4, 0.5) is 0 Å². The van der Waals surface area contributed by atoms with E-state index in [0.29, 0.717) is 5.92 Å². The van der Waals surface area contributed by atoms with E-state index in [1.807, 2.05) is 6.92 Å². The summed E-state index contributed by atoms with van der Waals surface area (Å²) in [4.78, 5) is 0. The highest BCUT2D eigenvalue weighted by molar-refractivity contribution is 4.99. The smallest absolute Gasteiger partial charge is 0.0250 e. The molecule has 54 valence electrons. The highest BCUT2D eigenvalue weighted by Gasteiger charge is 2.03. The van der Waals surface area contributed by atoms with E-state index in [-0.39, 0.29) is 6.04 Å². The number of nitrogens with two attached hydrogens (primary N) is 1. The van der Waals surface area contributed by atoms with E-state index >= 15 is 0 Å². The molecular weight excluding hydrogens is 110 g/mol. The largest absolute Gasteiger partial charge is 0.324 e. The molecule has 0 bridgehead atoms. The van der Waals surface area contributed by atoms with Gasteiger partial charge in [0, 0.05) is 6.04 Å². The van der Waals surface area contributed by atoms with Gasteiger partial charge in [-0.1, -0.05) is 26.0 Å². The maximum atomic E-state index is 5.72. The molecule has 1 nitrogen and oxygen atoms in total. The quantitative estimate of drug-likeness (QED) is 0.576. The first-order chi connectivity index (χ1) is 4.04. The Morgan fingerprint density at radius 1 is 1.56 bits per heavy atom. The monoisotopic (exact) mass is 127 g/mol. The van der Waals surface area contributed by atoms with E-state index in [4.69, 9.17) is 5.73 Å². The summed E-state index contributed by atoms with van der Waals surface area (Å²) in [6.07, 6.45) is 1.05. The van der Waals surface area contributed by atoms with Crippen LogP contribution in [0.25, 0.3) is 0 Å². The predicted molar refractivity (Wildman–Crippen MR) is 42.2 cm³/mol. The van der Waals surface area contributed by atoms with Crippen molar-refractivity contribution < 1.29 is 0 Å². The van der Waals surface area contributed by atoms with Gasteiger partial charge in [0.25, 0.3) is 0 Å². The first kappa shape index (κ1) is 8.70. The molecule has 0 aromatic heterocycles. The van der Waals surface area contributed by atoms with Crippen LogP contribution in [0, 0.1) is 5.92 Å². The molecule has 0 saturated carbocycles. The topological polar surface area (TPSA) is 26.0 Å². The average Bonchev–Trinajstić information content (AvgIpc) is 1.63. The Kier molecular flexibility index (Phi) is 3.55. The fraction of sp³-hybridized carbons (Fsp3) is 0.750. The third kappa shape index (κ3) is 4.22. The Morgan fingerprint density at radius 2 is 2.00 bits per heavy atom. The highest BCUT2D eigenvalue weighted by Crippen LogP contribution is 2.07. The molecule has 0 aliphatic carbocycles. The van der Waals surface area contributed by atoms with Gasteiger partial charge in [-0.2, -0.15) is 0 Å². The SMILES string of the molecule is C=C(C)C(N)CC(C)C. The zero-order valence-electron chi connectivity index (χ0n) is 6.65. The van der Waals surface area contributed by atoms with E-state index in [0.717, 1.165) is 12.0 Å². The summed E-state index contributed by atoms with van der Waals surface area (Å²) in [7, 11) is 0. The third-order valence-corrected chi connectivity index (χ3v) is 1.36. The predicted octanol–water partition coefficient (Wildman–Crippen LogP) is 1.94. The van der Waals surface area contributed by atoms with Crippen LogP contribution in [0.15, 0.2) is 12.2 Å². The van der Waals surface area contributed by atoms with Crippen LogP contribution in [0.1, 0.15) is 27.2 Å². The average molecular weight is 127 g/mol. The van der Waals surface area contributed by atoms with Crippen molar-refractivity contribution in [1.29, 1.82) is 0 Å². The van der Waals surface area contributed by atoms with Gasteiger partial charge in [-0.05, 0) is 19.3 Å². The van der Waals surface area contributed by atoms with Gasteiger partial charge in [0.05, 0.1) is 0 Å². The molecule has 0 amide bonds. The fourth-order valence-corrected chi connectivity index (χ4v) is 0.709. The van der Waals surface area contributed by atoms with Gasteiger partial charge in [0.2, 0.25) is 0 Å². The Balaban J connectivity index is 3.50. The van der Waals surface area contributed by atoms with Crippen LogP contribution in [-0.2, 0) is 0 Å². The minimum absolute atomic E-state index is 0.199. The van der Waals surface area contributed by atoms with Crippen molar-refractivity contribution in [2.75, 3.05) is 0 Å². The van der Waals surface area contributed by atoms with Crippen LogP contribution in [-0.4, -0.2) is 6.04 Å². The molecule has 0 aromatic rings. The summed E-state index contributed by atoms with van der Waals surface area (Å²) in [6, 6.07) is 0.199. The van der Waals surface area contributed by atoms with Crippen LogP contribution in [0.2, 0.25) is 0 Å². The van der Waals surface area contributed by atoms with Crippen LogP contribution < -0.4 is 5.73 Å². The van der Waals surface area contributed by atoms with Crippen molar-refractivity contribution in [3.63, 3.8) is 0 Å².